The quantitative estimate of drug-likeness (QED) is 0.838. The topological polar surface area (TPSA) is 38.0 Å². The number of benzene rings is 1. The second kappa shape index (κ2) is 7.30. The van der Waals surface area contributed by atoms with E-state index in [4.69, 9.17) is 5.73 Å². The first-order valence-electron chi connectivity index (χ1n) is 7.42. The normalized spacial score (nSPS) is 18.3. The van der Waals surface area contributed by atoms with Gasteiger partial charge in [0.1, 0.15) is 0 Å². The summed E-state index contributed by atoms with van der Waals surface area (Å²) >= 11 is 3.61. The number of nitrogens with one attached hydrogen (secondary N) is 1. The van der Waals surface area contributed by atoms with Gasteiger partial charge in [-0.2, -0.15) is 0 Å². The molecule has 2 rings (SSSR count). The van der Waals surface area contributed by atoms with Crippen LogP contribution in [0, 0.1) is 12.8 Å². The predicted octanol–water partition coefficient (Wildman–Crippen LogP) is 4.47. The van der Waals surface area contributed by atoms with Gasteiger partial charge in [-0.05, 0) is 52.9 Å². The Labute approximate surface area is 125 Å². The first-order chi connectivity index (χ1) is 9.19. The molecule has 1 aromatic carbocycles. The summed E-state index contributed by atoms with van der Waals surface area (Å²) in [6.45, 7) is 2.83. The van der Waals surface area contributed by atoms with Crippen molar-refractivity contribution in [3.05, 3.63) is 28.2 Å². The van der Waals surface area contributed by atoms with Crippen LogP contribution in [0.4, 0.5) is 5.69 Å². The van der Waals surface area contributed by atoms with Gasteiger partial charge in [-0.3, -0.25) is 0 Å². The van der Waals surface area contributed by atoms with Crippen LogP contribution in [0.1, 0.15) is 44.1 Å². The Hall–Kier alpha value is -0.540. The Balaban J connectivity index is 1.95. The van der Waals surface area contributed by atoms with E-state index in [0.29, 0.717) is 12.6 Å². The molecule has 1 aliphatic rings. The van der Waals surface area contributed by atoms with Gasteiger partial charge in [-0.1, -0.05) is 38.2 Å². The van der Waals surface area contributed by atoms with Crippen molar-refractivity contribution in [2.75, 3.05) is 11.9 Å². The number of anilines is 1. The molecule has 1 fully saturated rings. The fraction of sp³-hybridized carbons (Fsp3) is 0.625. The summed E-state index contributed by atoms with van der Waals surface area (Å²) in [6.07, 6.45) is 8.18. The third-order valence-electron chi connectivity index (χ3n) is 4.11. The van der Waals surface area contributed by atoms with Gasteiger partial charge < -0.3 is 11.1 Å². The van der Waals surface area contributed by atoms with E-state index in [1.165, 1.54) is 49.8 Å². The average Bonchev–Trinajstić information content (AvgIpc) is 2.43. The molecule has 0 amide bonds. The molecule has 0 aromatic heterocycles. The lowest BCUT2D eigenvalue weighted by molar-refractivity contribution is 0.324. The van der Waals surface area contributed by atoms with Crippen LogP contribution in [-0.2, 0) is 0 Å². The standard InChI is InChI=1S/C16H25BrN2/c1-12-7-8-15(17)16(9-12)19-14(11-18)10-13-5-3-2-4-6-13/h7-9,13-14,19H,2-6,10-11,18H2,1H3. The van der Waals surface area contributed by atoms with E-state index in [-0.39, 0.29) is 0 Å². The molecule has 0 spiro atoms. The molecule has 0 radical (unpaired) electrons. The molecule has 0 bridgehead atoms. The lowest BCUT2D eigenvalue weighted by Crippen LogP contribution is -2.31. The van der Waals surface area contributed by atoms with Crippen LogP contribution in [0.2, 0.25) is 0 Å². The fourth-order valence-electron chi connectivity index (χ4n) is 3.01. The van der Waals surface area contributed by atoms with E-state index in [9.17, 15) is 0 Å². The monoisotopic (exact) mass is 324 g/mol. The fourth-order valence-corrected chi connectivity index (χ4v) is 3.37. The molecule has 19 heavy (non-hydrogen) atoms. The molecule has 106 valence electrons. The number of aryl methyl sites for hydroxylation is 1. The molecular formula is C16H25BrN2. The highest BCUT2D eigenvalue weighted by molar-refractivity contribution is 9.10. The third kappa shape index (κ3) is 4.50. The van der Waals surface area contributed by atoms with Crippen LogP contribution in [0.5, 0.6) is 0 Å². The lowest BCUT2D eigenvalue weighted by Gasteiger charge is -2.27. The Morgan fingerprint density at radius 1 is 1.32 bits per heavy atom. The van der Waals surface area contributed by atoms with E-state index in [1.54, 1.807) is 0 Å². The van der Waals surface area contributed by atoms with Gasteiger partial charge in [-0.15, -0.1) is 0 Å². The second-order valence-electron chi connectivity index (χ2n) is 5.80. The molecule has 1 aliphatic carbocycles. The first kappa shape index (κ1) is 14.9. The molecule has 1 saturated carbocycles. The Morgan fingerprint density at radius 2 is 2.05 bits per heavy atom. The summed E-state index contributed by atoms with van der Waals surface area (Å²) in [4.78, 5) is 0. The van der Waals surface area contributed by atoms with Crippen molar-refractivity contribution in [3.63, 3.8) is 0 Å². The van der Waals surface area contributed by atoms with E-state index in [1.807, 2.05) is 0 Å². The number of nitrogens with two attached hydrogens (primary N) is 1. The zero-order valence-electron chi connectivity index (χ0n) is 11.8. The predicted molar refractivity (Wildman–Crippen MR) is 86.5 cm³/mol. The number of rotatable bonds is 5. The highest BCUT2D eigenvalue weighted by Gasteiger charge is 2.18. The Morgan fingerprint density at radius 3 is 2.74 bits per heavy atom. The minimum absolute atomic E-state index is 0.390. The Kier molecular flexibility index (Phi) is 5.71. The third-order valence-corrected chi connectivity index (χ3v) is 4.80. The van der Waals surface area contributed by atoms with Crippen LogP contribution in [0.15, 0.2) is 22.7 Å². The largest absolute Gasteiger partial charge is 0.380 e. The molecule has 0 aliphatic heterocycles. The zero-order chi connectivity index (χ0) is 13.7. The van der Waals surface area contributed by atoms with Gasteiger partial charge in [0.15, 0.2) is 0 Å². The molecule has 0 saturated heterocycles. The summed E-state index contributed by atoms with van der Waals surface area (Å²) in [7, 11) is 0. The molecule has 3 heteroatoms. The summed E-state index contributed by atoms with van der Waals surface area (Å²) in [5, 5.41) is 3.61. The smallest absolute Gasteiger partial charge is 0.0489 e. The van der Waals surface area contributed by atoms with Crippen molar-refractivity contribution in [1.29, 1.82) is 0 Å². The van der Waals surface area contributed by atoms with E-state index in [0.717, 1.165) is 10.4 Å². The molecule has 1 unspecified atom stereocenters. The van der Waals surface area contributed by atoms with E-state index < -0.39 is 0 Å². The van der Waals surface area contributed by atoms with Crippen molar-refractivity contribution >= 4 is 21.6 Å². The maximum atomic E-state index is 5.95. The first-order valence-corrected chi connectivity index (χ1v) is 8.21. The van der Waals surface area contributed by atoms with Crippen LogP contribution in [-0.4, -0.2) is 12.6 Å². The van der Waals surface area contributed by atoms with Crippen LogP contribution in [0.3, 0.4) is 0 Å². The number of hydrogen-bond donors (Lipinski definition) is 2. The highest BCUT2D eigenvalue weighted by atomic mass is 79.9. The maximum absolute atomic E-state index is 5.95. The summed E-state index contributed by atoms with van der Waals surface area (Å²) in [6, 6.07) is 6.80. The summed E-state index contributed by atoms with van der Waals surface area (Å²) in [5.74, 6) is 0.860. The van der Waals surface area contributed by atoms with Crippen LogP contribution < -0.4 is 11.1 Å². The highest BCUT2D eigenvalue weighted by Crippen LogP contribution is 2.29. The molecule has 0 heterocycles. The second-order valence-corrected chi connectivity index (χ2v) is 6.65. The molecule has 1 atom stereocenters. The van der Waals surface area contributed by atoms with Gasteiger partial charge in [0.05, 0.1) is 0 Å². The van der Waals surface area contributed by atoms with Crippen LogP contribution in [0.25, 0.3) is 0 Å². The van der Waals surface area contributed by atoms with Crippen LogP contribution >= 0.6 is 15.9 Å². The minimum atomic E-state index is 0.390. The van der Waals surface area contributed by atoms with Gasteiger partial charge >= 0.3 is 0 Å². The van der Waals surface area contributed by atoms with Gasteiger partial charge in [0, 0.05) is 22.7 Å². The maximum Gasteiger partial charge on any atom is 0.0489 e. The van der Waals surface area contributed by atoms with E-state index in [2.05, 4.69) is 46.4 Å². The van der Waals surface area contributed by atoms with Gasteiger partial charge in [0.2, 0.25) is 0 Å². The van der Waals surface area contributed by atoms with Crippen molar-refractivity contribution in [1.82, 2.24) is 0 Å². The summed E-state index contributed by atoms with van der Waals surface area (Å²) < 4.78 is 1.13. The minimum Gasteiger partial charge on any atom is -0.380 e. The lowest BCUT2D eigenvalue weighted by atomic mass is 9.85. The number of halogens is 1. The van der Waals surface area contributed by atoms with Crippen molar-refractivity contribution in [2.45, 2.75) is 51.5 Å². The SMILES string of the molecule is Cc1ccc(Br)c(NC(CN)CC2CCCCC2)c1. The summed E-state index contributed by atoms with van der Waals surface area (Å²) in [5.41, 5.74) is 8.40. The van der Waals surface area contributed by atoms with Crippen molar-refractivity contribution in [3.8, 4) is 0 Å². The number of hydrogen-bond acceptors (Lipinski definition) is 2. The van der Waals surface area contributed by atoms with Crippen molar-refractivity contribution in [2.24, 2.45) is 11.7 Å². The molecular weight excluding hydrogens is 300 g/mol. The van der Waals surface area contributed by atoms with Crippen molar-refractivity contribution < 1.29 is 0 Å². The van der Waals surface area contributed by atoms with E-state index >= 15 is 0 Å². The van der Waals surface area contributed by atoms with Gasteiger partial charge in [0.25, 0.3) is 0 Å². The molecule has 2 nitrogen and oxygen atoms in total. The average molecular weight is 325 g/mol. The Bertz CT molecular complexity index is 400. The molecule has 3 N–H and O–H groups in total. The van der Waals surface area contributed by atoms with Gasteiger partial charge in [-0.25, -0.2) is 0 Å². The zero-order valence-corrected chi connectivity index (χ0v) is 13.4. The molecule has 1 aromatic rings.